The van der Waals surface area contributed by atoms with E-state index in [1.54, 1.807) is 6.07 Å². The van der Waals surface area contributed by atoms with Crippen LogP contribution in [0, 0.1) is 5.92 Å². The van der Waals surface area contributed by atoms with Crippen LogP contribution in [0.3, 0.4) is 0 Å². The molecule has 0 aromatic heterocycles. The van der Waals surface area contributed by atoms with E-state index in [0.29, 0.717) is 18.0 Å². The first-order valence-electron chi connectivity index (χ1n) is 13.5. The first-order valence-corrected chi connectivity index (χ1v) is 15.4. The fourth-order valence-corrected chi connectivity index (χ4v) is 5.66. The van der Waals surface area contributed by atoms with E-state index in [-0.39, 0.29) is 0 Å². The second kappa shape index (κ2) is 13.2. The van der Waals surface area contributed by atoms with Gasteiger partial charge < -0.3 is 10.4 Å². The highest BCUT2D eigenvalue weighted by Crippen LogP contribution is 2.30. The van der Waals surface area contributed by atoms with Crippen LogP contribution in [0.25, 0.3) is 11.1 Å². The number of rotatable bonds is 11. The van der Waals surface area contributed by atoms with Crippen molar-refractivity contribution in [3.8, 4) is 11.1 Å². The molecule has 1 atom stereocenters. The van der Waals surface area contributed by atoms with Gasteiger partial charge in [-0.1, -0.05) is 98.8 Å². The SMILES string of the molecule is CS(=O)(=O)NC(=O)c1ccc(-c2ccc(CCNC[C@@H](O)c3ccccc3)cc2)cc1CC1CCCCC1. The summed E-state index contributed by atoms with van der Waals surface area (Å²) in [7, 11) is -3.64. The van der Waals surface area contributed by atoms with Gasteiger partial charge in [0.05, 0.1) is 12.4 Å². The van der Waals surface area contributed by atoms with Crippen LogP contribution in [-0.4, -0.2) is 38.8 Å². The smallest absolute Gasteiger partial charge is 0.264 e. The molecule has 1 saturated carbocycles. The van der Waals surface area contributed by atoms with Crippen molar-refractivity contribution >= 4 is 15.9 Å². The van der Waals surface area contributed by atoms with Crippen LogP contribution >= 0.6 is 0 Å². The van der Waals surface area contributed by atoms with E-state index >= 15 is 0 Å². The van der Waals surface area contributed by atoms with Crippen molar-refractivity contribution in [1.82, 2.24) is 10.0 Å². The molecule has 3 N–H and O–H groups in total. The van der Waals surface area contributed by atoms with Crippen LogP contribution in [0.5, 0.6) is 0 Å². The van der Waals surface area contributed by atoms with E-state index < -0.39 is 22.0 Å². The number of aliphatic hydroxyl groups is 1. The van der Waals surface area contributed by atoms with Crippen LogP contribution in [0.1, 0.15) is 65.3 Å². The van der Waals surface area contributed by atoms with Gasteiger partial charge >= 0.3 is 0 Å². The minimum atomic E-state index is -3.64. The zero-order valence-electron chi connectivity index (χ0n) is 22.0. The number of sulfonamides is 1. The Labute approximate surface area is 226 Å². The Morgan fingerprint density at radius 2 is 1.63 bits per heavy atom. The van der Waals surface area contributed by atoms with Crippen molar-refractivity contribution in [1.29, 1.82) is 0 Å². The van der Waals surface area contributed by atoms with Crippen molar-refractivity contribution in [3.63, 3.8) is 0 Å². The van der Waals surface area contributed by atoms with Crippen LogP contribution < -0.4 is 10.0 Å². The predicted octanol–water partition coefficient (Wildman–Crippen LogP) is 5.03. The monoisotopic (exact) mass is 534 g/mol. The Morgan fingerprint density at radius 3 is 2.32 bits per heavy atom. The Hall–Kier alpha value is -3.00. The average Bonchev–Trinajstić information content (AvgIpc) is 2.91. The summed E-state index contributed by atoms with van der Waals surface area (Å²) in [6, 6.07) is 23.7. The quantitative estimate of drug-likeness (QED) is 0.300. The summed E-state index contributed by atoms with van der Waals surface area (Å²) in [5.74, 6) is -0.0517. The summed E-state index contributed by atoms with van der Waals surface area (Å²) < 4.78 is 25.5. The Bertz CT molecular complexity index is 1300. The Balaban J connectivity index is 1.41. The topological polar surface area (TPSA) is 95.5 Å². The van der Waals surface area contributed by atoms with E-state index in [0.717, 1.165) is 60.7 Å². The lowest BCUT2D eigenvalue weighted by atomic mass is 9.83. The van der Waals surface area contributed by atoms with E-state index in [1.165, 1.54) is 24.8 Å². The van der Waals surface area contributed by atoms with Gasteiger partial charge in [-0.3, -0.25) is 4.79 Å². The second-order valence-electron chi connectivity index (χ2n) is 10.4. The molecular weight excluding hydrogens is 496 g/mol. The molecule has 0 aliphatic heterocycles. The predicted molar refractivity (Wildman–Crippen MR) is 152 cm³/mol. The summed E-state index contributed by atoms with van der Waals surface area (Å²) in [6.45, 7) is 1.27. The van der Waals surface area contributed by atoms with Crippen molar-refractivity contribution < 1.29 is 18.3 Å². The molecule has 1 fully saturated rings. The summed E-state index contributed by atoms with van der Waals surface area (Å²) in [6.07, 6.45) is 8.05. The molecule has 202 valence electrons. The molecule has 7 heteroatoms. The van der Waals surface area contributed by atoms with Gasteiger partial charge in [-0.15, -0.1) is 0 Å². The van der Waals surface area contributed by atoms with Gasteiger partial charge in [-0.25, -0.2) is 13.1 Å². The molecule has 0 radical (unpaired) electrons. The second-order valence-corrected chi connectivity index (χ2v) is 12.1. The lowest BCUT2D eigenvalue weighted by Crippen LogP contribution is -2.30. The van der Waals surface area contributed by atoms with Gasteiger partial charge in [0.1, 0.15) is 0 Å². The van der Waals surface area contributed by atoms with E-state index in [1.807, 2.05) is 42.5 Å². The van der Waals surface area contributed by atoms with E-state index in [2.05, 4.69) is 34.3 Å². The molecule has 3 aromatic rings. The summed E-state index contributed by atoms with van der Waals surface area (Å²) in [5.41, 5.74) is 5.52. The minimum Gasteiger partial charge on any atom is -0.387 e. The molecule has 1 amide bonds. The average molecular weight is 535 g/mol. The zero-order chi connectivity index (χ0) is 27.0. The molecule has 1 aliphatic rings. The third-order valence-corrected chi connectivity index (χ3v) is 7.82. The molecule has 3 aromatic carbocycles. The maximum Gasteiger partial charge on any atom is 0.264 e. The highest BCUT2D eigenvalue weighted by atomic mass is 32.2. The standard InChI is InChI=1S/C31H38N2O4S/c1-38(36,37)33-31(35)29-17-16-27(21-28(29)20-24-8-4-2-5-9-24)25-14-12-23(13-15-25)18-19-32-22-30(34)26-10-6-3-7-11-26/h3,6-7,10-17,21,24,30,32,34H,2,4-5,8-9,18-20,22H2,1H3,(H,33,35)/t30-/m1/s1. The molecule has 0 heterocycles. The summed E-state index contributed by atoms with van der Waals surface area (Å²) in [5, 5.41) is 13.6. The minimum absolute atomic E-state index is 0.435. The molecule has 0 saturated heterocycles. The van der Waals surface area contributed by atoms with E-state index in [4.69, 9.17) is 0 Å². The van der Waals surface area contributed by atoms with Crippen molar-refractivity contribution in [2.75, 3.05) is 19.3 Å². The van der Waals surface area contributed by atoms with Gasteiger partial charge in [-0.2, -0.15) is 0 Å². The van der Waals surface area contributed by atoms with Crippen LogP contribution in [0.4, 0.5) is 0 Å². The molecule has 1 aliphatic carbocycles. The summed E-state index contributed by atoms with van der Waals surface area (Å²) in [4.78, 5) is 12.8. The summed E-state index contributed by atoms with van der Waals surface area (Å²) >= 11 is 0. The van der Waals surface area contributed by atoms with Gasteiger partial charge in [0.25, 0.3) is 5.91 Å². The number of hydrogen-bond donors (Lipinski definition) is 3. The number of carbonyl (C=O) groups is 1. The van der Waals surface area contributed by atoms with Crippen LogP contribution in [0.15, 0.2) is 72.8 Å². The third kappa shape index (κ3) is 8.25. The number of aliphatic hydroxyl groups excluding tert-OH is 1. The maximum atomic E-state index is 12.8. The van der Waals surface area contributed by atoms with E-state index in [9.17, 15) is 18.3 Å². The fourth-order valence-electron chi connectivity index (χ4n) is 5.22. The molecule has 0 spiro atoms. The number of nitrogens with one attached hydrogen (secondary N) is 2. The Morgan fingerprint density at radius 1 is 0.947 bits per heavy atom. The molecule has 38 heavy (non-hydrogen) atoms. The highest BCUT2D eigenvalue weighted by Gasteiger charge is 2.20. The van der Waals surface area contributed by atoms with Crippen LogP contribution in [0.2, 0.25) is 0 Å². The molecule has 4 rings (SSSR count). The Kier molecular flexibility index (Phi) is 9.72. The first kappa shape index (κ1) is 28.0. The number of benzene rings is 3. The maximum absolute atomic E-state index is 12.8. The number of amides is 1. The number of carbonyl (C=O) groups excluding carboxylic acids is 1. The molecular formula is C31H38N2O4S. The van der Waals surface area contributed by atoms with Crippen molar-refractivity contribution in [2.45, 2.75) is 51.0 Å². The van der Waals surface area contributed by atoms with Crippen molar-refractivity contribution in [3.05, 3.63) is 95.1 Å². The third-order valence-electron chi connectivity index (χ3n) is 7.26. The van der Waals surface area contributed by atoms with Crippen LogP contribution in [-0.2, 0) is 22.9 Å². The number of hydrogen-bond acceptors (Lipinski definition) is 5. The van der Waals surface area contributed by atoms with Gasteiger partial charge in [0.2, 0.25) is 10.0 Å². The molecule has 6 nitrogen and oxygen atoms in total. The van der Waals surface area contributed by atoms with Gasteiger partial charge in [0.15, 0.2) is 0 Å². The zero-order valence-corrected chi connectivity index (χ0v) is 22.8. The molecule has 0 bridgehead atoms. The van der Waals surface area contributed by atoms with Crippen molar-refractivity contribution in [2.24, 2.45) is 5.92 Å². The lowest BCUT2D eigenvalue weighted by Gasteiger charge is -2.23. The largest absolute Gasteiger partial charge is 0.387 e. The first-order chi connectivity index (χ1) is 18.3. The lowest BCUT2D eigenvalue weighted by molar-refractivity contribution is 0.0980. The molecule has 0 unspecified atom stereocenters. The highest BCUT2D eigenvalue weighted by molar-refractivity contribution is 7.89. The fraction of sp³-hybridized carbons (Fsp3) is 0.387. The van der Waals surface area contributed by atoms with Gasteiger partial charge in [-0.05, 0) is 59.2 Å². The van der Waals surface area contributed by atoms with Gasteiger partial charge in [0, 0.05) is 12.1 Å². The normalized spacial score (nSPS) is 15.2.